The van der Waals surface area contributed by atoms with Gasteiger partial charge in [-0.25, -0.2) is 13.4 Å². The Balaban J connectivity index is 2.03. The molecule has 2 heterocycles. The molecule has 1 N–H and O–H groups in total. The van der Waals surface area contributed by atoms with Gasteiger partial charge in [-0.2, -0.15) is 0 Å². The van der Waals surface area contributed by atoms with Gasteiger partial charge in [0.2, 0.25) is 0 Å². The molecule has 6 nitrogen and oxygen atoms in total. The summed E-state index contributed by atoms with van der Waals surface area (Å²) < 4.78 is 25.7. The van der Waals surface area contributed by atoms with Crippen molar-refractivity contribution in [2.45, 2.75) is 19.4 Å². The highest BCUT2D eigenvalue weighted by Crippen LogP contribution is 2.20. The first-order valence-electron chi connectivity index (χ1n) is 7.16. The molecular weight excluding hydrogens is 276 g/mol. The SMILES string of the molecule is CCCS(=O)(=O)CCN1CCNCC1c1nccn1C. The molecule has 0 bridgehead atoms. The first-order valence-corrected chi connectivity index (χ1v) is 8.98. The Bertz CT molecular complexity index is 526. The molecule has 1 unspecified atom stereocenters. The Labute approximate surface area is 121 Å². The highest BCUT2D eigenvalue weighted by molar-refractivity contribution is 7.91. The normalized spacial score (nSPS) is 21.2. The number of aryl methyl sites for hydroxylation is 1. The maximum Gasteiger partial charge on any atom is 0.151 e. The summed E-state index contributed by atoms with van der Waals surface area (Å²) in [6, 6.07) is 0.153. The molecule has 2 rings (SSSR count). The van der Waals surface area contributed by atoms with Crippen molar-refractivity contribution in [3.63, 3.8) is 0 Å². The van der Waals surface area contributed by atoms with E-state index in [2.05, 4.69) is 15.2 Å². The number of rotatable bonds is 6. The minimum atomic E-state index is -2.92. The average Bonchev–Trinajstić information content (AvgIpc) is 2.83. The number of sulfone groups is 1. The van der Waals surface area contributed by atoms with Crippen LogP contribution in [-0.2, 0) is 16.9 Å². The molecule has 0 aliphatic carbocycles. The summed E-state index contributed by atoms with van der Waals surface area (Å²) >= 11 is 0. The predicted octanol–water partition coefficient (Wildman–Crippen LogP) is 0.191. The van der Waals surface area contributed by atoms with Crippen molar-refractivity contribution in [2.24, 2.45) is 7.05 Å². The van der Waals surface area contributed by atoms with Gasteiger partial charge in [-0.15, -0.1) is 0 Å². The molecule has 1 aliphatic heterocycles. The van der Waals surface area contributed by atoms with E-state index in [1.807, 2.05) is 24.7 Å². The fraction of sp³-hybridized carbons (Fsp3) is 0.769. The minimum absolute atomic E-state index is 0.153. The summed E-state index contributed by atoms with van der Waals surface area (Å²) in [5.41, 5.74) is 0. The second kappa shape index (κ2) is 6.69. The fourth-order valence-corrected chi connectivity index (χ4v) is 3.98. The number of aromatic nitrogens is 2. The van der Waals surface area contributed by atoms with E-state index >= 15 is 0 Å². The van der Waals surface area contributed by atoms with Crippen LogP contribution in [0.25, 0.3) is 0 Å². The molecule has 0 spiro atoms. The zero-order chi connectivity index (χ0) is 14.6. The van der Waals surface area contributed by atoms with Gasteiger partial charge in [-0.3, -0.25) is 4.90 Å². The summed E-state index contributed by atoms with van der Waals surface area (Å²) in [4.78, 5) is 6.63. The molecule has 0 saturated carbocycles. The van der Waals surface area contributed by atoms with Gasteiger partial charge in [-0.05, 0) is 6.42 Å². The van der Waals surface area contributed by atoms with Crippen molar-refractivity contribution < 1.29 is 8.42 Å². The molecular formula is C13H24N4O2S. The molecule has 1 aliphatic rings. The molecule has 20 heavy (non-hydrogen) atoms. The highest BCUT2D eigenvalue weighted by atomic mass is 32.2. The summed E-state index contributed by atoms with van der Waals surface area (Å²) in [5.74, 6) is 1.51. The van der Waals surface area contributed by atoms with Crippen LogP contribution in [0.5, 0.6) is 0 Å². The van der Waals surface area contributed by atoms with E-state index in [0.29, 0.717) is 13.0 Å². The summed E-state index contributed by atoms with van der Waals surface area (Å²) in [7, 11) is -0.948. The van der Waals surface area contributed by atoms with Crippen LogP contribution in [0.1, 0.15) is 25.2 Å². The average molecular weight is 300 g/mol. The number of nitrogens with zero attached hydrogens (tertiary/aromatic N) is 3. The van der Waals surface area contributed by atoms with Gasteiger partial charge < -0.3 is 9.88 Å². The Kier molecular flexibility index (Phi) is 5.17. The molecule has 0 amide bonds. The Morgan fingerprint density at radius 2 is 2.25 bits per heavy atom. The van der Waals surface area contributed by atoms with E-state index < -0.39 is 9.84 Å². The lowest BCUT2D eigenvalue weighted by atomic mass is 10.2. The quantitative estimate of drug-likeness (QED) is 0.812. The summed E-state index contributed by atoms with van der Waals surface area (Å²) in [5, 5.41) is 3.36. The minimum Gasteiger partial charge on any atom is -0.337 e. The van der Waals surface area contributed by atoms with Crippen molar-refractivity contribution in [1.29, 1.82) is 0 Å². The number of piperazine rings is 1. The van der Waals surface area contributed by atoms with Crippen LogP contribution in [-0.4, -0.2) is 60.6 Å². The van der Waals surface area contributed by atoms with Gasteiger partial charge in [0.25, 0.3) is 0 Å². The number of imidazole rings is 1. The zero-order valence-electron chi connectivity index (χ0n) is 12.2. The maximum absolute atomic E-state index is 11.9. The fourth-order valence-electron chi connectivity index (χ4n) is 2.64. The molecule has 1 saturated heterocycles. The summed E-state index contributed by atoms with van der Waals surface area (Å²) in [6.07, 6.45) is 4.40. The lowest BCUT2D eigenvalue weighted by Crippen LogP contribution is -2.48. The van der Waals surface area contributed by atoms with Crippen molar-refractivity contribution in [3.8, 4) is 0 Å². The molecule has 1 atom stereocenters. The van der Waals surface area contributed by atoms with Crippen molar-refractivity contribution in [3.05, 3.63) is 18.2 Å². The van der Waals surface area contributed by atoms with Crippen molar-refractivity contribution in [1.82, 2.24) is 19.8 Å². The van der Waals surface area contributed by atoms with E-state index in [1.54, 1.807) is 6.20 Å². The first-order chi connectivity index (χ1) is 9.53. The highest BCUT2D eigenvalue weighted by Gasteiger charge is 2.27. The van der Waals surface area contributed by atoms with Crippen LogP contribution in [0.2, 0.25) is 0 Å². The Hall–Kier alpha value is -0.920. The van der Waals surface area contributed by atoms with Crippen molar-refractivity contribution in [2.75, 3.05) is 37.7 Å². The van der Waals surface area contributed by atoms with Crippen LogP contribution in [0.3, 0.4) is 0 Å². The maximum atomic E-state index is 11.9. The van der Waals surface area contributed by atoms with Crippen LogP contribution in [0, 0.1) is 0 Å². The number of hydrogen-bond donors (Lipinski definition) is 1. The van der Waals surface area contributed by atoms with Gasteiger partial charge in [0.15, 0.2) is 9.84 Å². The smallest absolute Gasteiger partial charge is 0.151 e. The van der Waals surface area contributed by atoms with Crippen molar-refractivity contribution >= 4 is 9.84 Å². The zero-order valence-corrected chi connectivity index (χ0v) is 13.1. The molecule has 0 aromatic carbocycles. The lowest BCUT2D eigenvalue weighted by Gasteiger charge is -2.35. The third kappa shape index (κ3) is 3.80. The Morgan fingerprint density at radius 1 is 1.45 bits per heavy atom. The van der Waals surface area contributed by atoms with Gasteiger partial charge in [0.1, 0.15) is 5.82 Å². The van der Waals surface area contributed by atoms with Crippen LogP contribution in [0.4, 0.5) is 0 Å². The molecule has 1 fully saturated rings. The van der Waals surface area contributed by atoms with Crippen LogP contribution < -0.4 is 5.32 Å². The lowest BCUT2D eigenvalue weighted by molar-refractivity contribution is 0.162. The van der Waals surface area contributed by atoms with E-state index in [1.165, 1.54) is 0 Å². The van der Waals surface area contributed by atoms with Crippen LogP contribution >= 0.6 is 0 Å². The largest absolute Gasteiger partial charge is 0.337 e. The van der Waals surface area contributed by atoms with Gasteiger partial charge >= 0.3 is 0 Å². The third-order valence-electron chi connectivity index (χ3n) is 3.72. The van der Waals surface area contributed by atoms with Crippen LogP contribution in [0.15, 0.2) is 12.4 Å². The Morgan fingerprint density at radius 3 is 2.90 bits per heavy atom. The topological polar surface area (TPSA) is 67.2 Å². The second-order valence-corrected chi connectivity index (χ2v) is 7.61. The monoisotopic (exact) mass is 300 g/mol. The number of nitrogens with one attached hydrogen (secondary N) is 1. The van der Waals surface area contributed by atoms with E-state index in [-0.39, 0.29) is 17.5 Å². The van der Waals surface area contributed by atoms with Gasteiger partial charge in [0, 0.05) is 51.4 Å². The second-order valence-electron chi connectivity index (χ2n) is 5.30. The van der Waals surface area contributed by atoms with Gasteiger partial charge in [0.05, 0.1) is 11.8 Å². The standard InChI is InChI=1S/C13H24N4O2S/c1-3-9-20(18,19)10-8-17-7-4-14-11-12(17)13-15-5-6-16(13)2/h5-6,12,14H,3-4,7-11H2,1-2H3. The van der Waals surface area contributed by atoms with E-state index in [0.717, 1.165) is 25.5 Å². The molecule has 0 radical (unpaired) electrons. The first kappa shape index (κ1) is 15.5. The molecule has 7 heteroatoms. The van der Waals surface area contributed by atoms with Gasteiger partial charge in [-0.1, -0.05) is 6.92 Å². The summed E-state index contributed by atoms with van der Waals surface area (Å²) in [6.45, 7) is 5.06. The third-order valence-corrected chi connectivity index (χ3v) is 5.55. The molecule has 114 valence electrons. The van der Waals surface area contributed by atoms with E-state index in [4.69, 9.17) is 0 Å². The number of hydrogen-bond acceptors (Lipinski definition) is 5. The predicted molar refractivity (Wildman–Crippen MR) is 79.3 cm³/mol. The molecule has 1 aromatic rings. The molecule has 1 aromatic heterocycles. The van der Waals surface area contributed by atoms with E-state index in [9.17, 15) is 8.42 Å².